The number of nitrogens with one attached hydrogen (secondary N) is 1. The van der Waals surface area contributed by atoms with Crippen LogP contribution >= 0.6 is 0 Å². The predicted octanol–water partition coefficient (Wildman–Crippen LogP) is 0.839. The van der Waals surface area contributed by atoms with E-state index >= 15 is 0 Å². The number of anilines is 1. The molecule has 0 aromatic heterocycles. The van der Waals surface area contributed by atoms with Crippen LogP contribution in [0.4, 0.5) is 10.1 Å². The van der Waals surface area contributed by atoms with Crippen LogP contribution in [0.1, 0.15) is 12.0 Å². The average Bonchev–Trinajstić information content (AvgIpc) is 2.25. The van der Waals surface area contributed by atoms with Crippen LogP contribution < -0.4 is 16.8 Å². The minimum Gasteiger partial charge on any atom is -0.400 e. The van der Waals surface area contributed by atoms with Gasteiger partial charge >= 0.3 is 0 Å². The summed E-state index contributed by atoms with van der Waals surface area (Å²) in [6.07, 6.45) is 0.265. The summed E-state index contributed by atoms with van der Waals surface area (Å²) in [7, 11) is 0. The number of nitrogens with two attached hydrogens (primary N) is 2. The van der Waals surface area contributed by atoms with Crippen LogP contribution in [-0.2, 0) is 11.3 Å². The molecule has 4 nitrogen and oxygen atoms in total. The van der Waals surface area contributed by atoms with Gasteiger partial charge in [-0.05, 0) is 23.8 Å². The third kappa shape index (κ3) is 1.90. The Morgan fingerprint density at radius 1 is 1.38 bits per heavy atom. The molecule has 0 aliphatic heterocycles. The highest BCUT2D eigenvalue weighted by molar-refractivity contribution is 6.06. The summed E-state index contributed by atoms with van der Waals surface area (Å²) in [4.78, 5) is 11.2. The van der Waals surface area contributed by atoms with Gasteiger partial charge in [-0.15, -0.1) is 0 Å². The first kappa shape index (κ1) is 10.6. The van der Waals surface area contributed by atoms with Crippen LogP contribution in [0.2, 0.25) is 0 Å². The molecule has 84 valence electrons. The fourth-order valence-corrected chi connectivity index (χ4v) is 1.56. The van der Waals surface area contributed by atoms with Gasteiger partial charge in [0, 0.05) is 17.9 Å². The van der Waals surface area contributed by atoms with E-state index in [2.05, 4.69) is 5.32 Å². The maximum atomic E-state index is 13.2. The number of halogens is 1. The highest BCUT2D eigenvalue weighted by Gasteiger charge is 2.24. The zero-order chi connectivity index (χ0) is 11.7. The van der Waals surface area contributed by atoms with Crippen molar-refractivity contribution in [3.8, 4) is 0 Å². The summed E-state index contributed by atoms with van der Waals surface area (Å²) in [6.45, 7) is 0.245. The predicted molar refractivity (Wildman–Crippen MR) is 58.8 cm³/mol. The van der Waals surface area contributed by atoms with Gasteiger partial charge in [0.05, 0.1) is 6.42 Å². The Hall–Kier alpha value is -1.88. The van der Waals surface area contributed by atoms with E-state index < -0.39 is 5.82 Å². The number of Topliss-reactive ketones (excluding diaryl/α,β-unsaturated/α-hetero) is 1. The van der Waals surface area contributed by atoms with Gasteiger partial charge in [0.2, 0.25) is 0 Å². The second-order valence-electron chi connectivity index (χ2n) is 3.68. The normalized spacial score (nSPS) is 15.0. The van der Waals surface area contributed by atoms with E-state index in [4.69, 9.17) is 11.5 Å². The van der Waals surface area contributed by atoms with Gasteiger partial charge in [-0.25, -0.2) is 4.39 Å². The zero-order valence-corrected chi connectivity index (χ0v) is 8.59. The monoisotopic (exact) mass is 221 g/mol. The van der Waals surface area contributed by atoms with Crippen molar-refractivity contribution in [3.63, 3.8) is 0 Å². The highest BCUT2D eigenvalue weighted by atomic mass is 19.1. The number of benzene rings is 1. The van der Waals surface area contributed by atoms with Gasteiger partial charge in [-0.3, -0.25) is 4.79 Å². The Morgan fingerprint density at radius 3 is 2.69 bits per heavy atom. The van der Waals surface area contributed by atoms with E-state index in [1.54, 1.807) is 6.07 Å². The van der Waals surface area contributed by atoms with Crippen LogP contribution in [0.5, 0.6) is 0 Å². The largest absolute Gasteiger partial charge is 0.400 e. The van der Waals surface area contributed by atoms with Gasteiger partial charge in [0.1, 0.15) is 11.5 Å². The lowest BCUT2D eigenvalue weighted by atomic mass is 9.99. The first-order chi connectivity index (χ1) is 7.60. The SMILES string of the molecule is NCc1cc(F)cc(NC2=C(N)CC2=O)c1. The quantitative estimate of drug-likeness (QED) is 0.706. The Bertz CT molecular complexity index is 482. The molecule has 2 rings (SSSR count). The smallest absolute Gasteiger partial charge is 0.186 e. The molecule has 0 atom stereocenters. The summed E-state index contributed by atoms with van der Waals surface area (Å²) >= 11 is 0. The molecule has 0 saturated carbocycles. The third-order valence-electron chi connectivity index (χ3n) is 2.41. The number of ketones is 1. The van der Waals surface area contributed by atoms with E-state index in [1.165, 1.54) is 12.1 Å². The summed E-state index contributed by atoms with van der Waals surface area (Å²) < 4.78 is 13.2. The number of carbonyl (C=O) groups excluding carboxylic acids is 1. The maximum Gasteiger partial charge on any atom is 0.186 e. The Morgan fingerprint density at radius 2 is 2.12 bits per heavy atom. The van der Waals surface area contributed by atoms with Crippen molar-refractivity contribution in [2.24, 2.45) is 11.5 Å². The highest BCUT2D eigenvalue weighted by Crippen LogP contribution is 2.23. The molecular formula is C11H12FN3O. The molecule has 5 heteroatoms. The first-order valence-electron chi connectivity index (χ1n) is 4.88. The molecule has 0 radical (unpaired) electrons. The van der Waals surface area contributed by atoms with Gasteiger partial charge in [0.15, 0.2) is 5.78 Å². The minimum atomic E-state index is -0.392. The first-order valence-corrected chi connectivity index (χ1v) is 4.88. The standard InChI is InChI=1S/C11H12FN3O/c12-7-1-6(5-13)2-8(3-7)15-11-9(14)4-10(11)16/h1-3,15H,4-5,13-14H2. The molecule has 0 spiro atoms. The van der Waals surface area contributed by atoms with Crippen molar-refractivity contribution in [1.29, 1.82) is 0 Å². The Labute approximate surface area is 92.1 Å². The molecule has 16 heavy (non-hydrogen) atoms. The molecule has 1 aliphatic carbocycles. The van der Waals surface area contributed by atoms with Crippen molar-refractivity contribution in [3.05, 3.63) is 41.0 Å². The van der Waals surface area contributed by atoms with Crippen LogP contribution in [0, 0.1) is 5.82 Å². The average molecular weight is 221 g/mol. The molecule has 1 aromatic carbocycles. The summed E-state index contributed by atoms with van der Waals surface area (Å²) in [5, 5.41) is 2.80. The summed E-state index contributed by atoms with van der Waals surface area (Å²) in [6, 6.07) is 4.34. The molecule has 1 aromatic rings. The molecule has 5 N–H and O–H groups in total. The maximum absolute atomic E-state index is 13.2. The van der Waals surface area contributed by atoms with Gasteiger partial charge in [-0.2, -0.15) is 0 Å². The van der Waals surface area contributed by atoms with Gasteiger partial charge < -0.3 is 16.8 Å². The van der Waals surface area contributed by atoms with Crippen molar-refractivity contribution >= 4 is 11.5 Å². The van der Waals surface area contributed by atoms with E-state index in [9.17, 15) is 9.18 Å². The van der Waals surface area contributed by atoms with E-state index in [-0.39, 0.29) is 18.7 Å². The zero-order valence-electron chi connectivity index (χ0n) is 8.59. The van der Waals surface area contributed by atoms with Gasteiger partial charge in [0.25, 0.3) is 0 Å². The number of carbonyl (C=O) groups is 1. The number of hydrogen-bond acceptors (Lipinski definition) is 4. The number of rotatable bonds is 3. The van der Waals surface area contributed by atoms with E-state index in [0.717, 1.165) is 0 Å². The van der Waals surface area contributed by atoms with E-state index in [1.807, 2.05) is 0 Å². The second-order valence-corrected chi connectivity index (χ2v) is 3.68. The minimum absolute atomic E-state index is 0.0592. The fourth-order valence-electron chi connectivity index (χ4n) is 1.56. The topological polar surface area (TPSA) is 81.1 Å². The molecule has 0 amide bonds. The van der Waals surface area contributed by atoms with Crippen LogP contribution in [0.15, 0.2) is 29.6 Å². The van der Waals surface area contributed by atoms with Crippen molar-refractivity contribution in [2.45, 2.75) is 13.0 Å². The summed E-state index contributed by atoms with van der Waals surface area (Å²) in [5.74, 6) is -0.451. The second kappa shape index (κ2) is 3.94. The lowest BCUT2D eigenvalue weighted by Gasteiger charge is -2.20. The molecule has 0 heterocycles. The molecule has 0 unspecified atom stereocenters. The van der Waals surface area contributed by atoms with Crippen LogP contribution in [0.3, 0.4) is 0 Å². The lowest BCUT2D eigenvalue weighted by molar-refractivity contribution is -0.116. The van der Waals surface area contributed by atoms with Gasteiger partial charge in [-0.1, -0.05) is 0 Å². The molecular weight excluding hydrogens is 209 g/mol. The third-order valence-corrected chi connectivity index (χ3v) is 2.41. The molecule has 1 aliphatic rings. The number of allylic oxidation sites excluding steroid dienone is 2. The molecule has 0 fully saturated rings. The van der Waals surface area contributed by atoms with Crippen molar-refractivity contribution < 1.29 is 9.18 Å². The number of hydrogen-bond donors (Lipinski definition) is 3. The van der Waals surface area contributed by atoms with Crippen LogP contribution in [-0.4, -0.2) is 5.78 Å². The Kier molecular flexibility index (Phi) is 2.62. The van der Waals surface area contributed by atoms with Crippen molar-refractivity contribution in [2.75, 3.05) is 5.32 Å². The summed E-state index contributed by atoms with van der Waals surface area (Å²) in [5.41, 5.74) is 13.0. The van der Waals surface area contributed by atoms with E-state index in [0.29, 0.717) is 22.6 Å². The fraction of sp³-hybridized carbons (Fsp3) is 0.182. The molecule has 0 bridgehead atoms. The van der Waals surface area contributed by atoms with Crippen LogP contribution in [0.25, 0.3) is 0 Å². The lowest BCUT2D eigenvalue weighted by Crippen LogP contribution is -2.28. The Balaban J connectivity index is 2.25. The molecule has 0 saturated heterocycles. The van der Waals surface area contributed by atoms with Crippen molar-refractivity contribution in [1.82, 2.24) is 0 Å².